The van der Waals surface area contributed by atoms with E-state index >= 15 is 0 Å². The molecule has 1 amide bonds. The van der Waals surface area contributed by atoms with Crippen LogP contribution in [0.1, 0.15) is 62.7 Å². The van der Waals surface area contributed by atoms with E-state index in [-0.39, 0.29) is 61.6 Å². The van der Waals surface area contributed by atoms with Crippen molar-refractivity contribution in [2.24, 2.45) is 5.92 Å². The van der Waals surface area contributed by atoms with Crippen LogP contribution < -0.4 is 5.56 Å². The van der Waals surface area contributed by atoms with Gasteiger partial charge < -0.3 is 9.88 Å². The minimum atomic E-state index is -2.65. The van der Waals surface area contributed by atoms with Gasteiger partial charge in [-0.05, 0) is 32.1 Å². The Balaban J connectivity index is 1.42. The lowest BCUT2D eigenvalue weighted by Gasteiger charge is -2.37. The SMILES string of the molecule is O=C([C@H]1CC[C@@H]1c1nc2c(cnn2C2CCC(F)(F)CC2)c(=O)[nH]1)N1CC[C@@H](F)C1. The first-order chi connectivity index (χ1) is 14.3. The van der Waals surface area contributed by atoms with Crippen LogP contribution in [0, 0.1) is 5.92 Å². The van der Waals surface area contributed by atoms with Gasteiger partial charge in [0.05, 0.1) is 18.8 Å². The summed E-state index contributed by atoms with van der Waals surface area (Å²) in [6.45, 7) is 0.551. The second-order valence-electron chi connectivity index (χ2n) is 8.83. The molecule has 0 aromatic carbocycles. The number of nitrogens with zero attached hydrogens (tertiary/aromatic N) is 4. The molecule has 7 nitrogen and oxygen atoms in total. The molecule has 2 saturated carbocycles. The van der Waals surface area contributed by atoms with Crippen LogP contribution in [0.2, 0.25) is 0 Å². The number of H-pyrrole nitrogens is 1. The molecule has 1 saturated heterocycles. The highest BCUT2D eigenvalue weighted by Crippen LogP contribution is 2.43. The van der Waals surface area contributed by atoms with Crippen LogP contribution in [0.15, 0.2) is 11.0 Å². The average molecular weight is 423 g/mol. The first kappa shape index (κ1) is 19.6. The van der Waals surface area contributed by atoms with E-state index in [4.69, 9.17) is 0 Å². The molecule has 162 valence electrons. The van der Waals surface area contributed by atoms with Crippen LogP contribution in [0.25, 0.3) is 11.0 Å². The number of amides is 1. The summed E-state index contributed by atoms with van der Waals surface area (Å²) in [5, 5.41) is 4.59. The summed E-state index contributed by atoms with van der Waals surface area (Å²) in [6, 6.07) is -0.228. The Hall–Kier alpha value is -2.39. The third kappa shape index (κ3) is 3.30. The first-order valence-corrected chi connectivity index (χ1v) is 10.6. The van der Waals surface area contributed by atoms with Crippen LogP contribution in [-0.2, 0) is 4.79 Å². The highest BCUT2D eigenvalue weighted by atomic mass is 19.3. The summed E-state index contributed by atoms with van der Waals surface area (Å²) in [4.78, 5) is 34.3. The minimum Gasteiger partial charge on any atom is -0.339 e. The molecular weight excluding hydrogens is 399 g/mol. The summed E-state index contributed by atoms with van der Waals surface area (Å²) in [5.74, 6) is -2.86. The van der Waals surface area contributed by atoms with Crippen molar-refractivity contribution in [1.82, 2.24) is 24.6 Å². The van der Waals surface area contributed by atoms with Gasteiger partial charge in [-0.25, -0.2) is 22.8 Å². The minimum absolute atomic E-state index is 0.0860. The molecule has 0 spiro atoms. The number of halogens is 3. The van der Waals surface area contributed by atoms with Gasteiger partial charge in [0.15, 0.2) is 5.65 Å². The summed E-state index contributed by atoms with van der Waals surface area (Å²) < 4.78 is 42.1. The molecule has 1 N–H and O–H groups in total. The van der Waals surface area contributed by atoms with Gasteiger partial charge in [-0.1, -0.05) is 0 Å². The number of likely N-dealkylation sites (tertiary alicyclic amines) is 1. The van der Waals surface area contributed by atoms with Crippen molar-refractivity contribution < 1.29 is 18.0 Å². The zero-order valence-electron chi connectivity index (χ0n) is 16.5. The maximum absolute atomic E-state index is 13.5. The number of aromatic amines is 1. The van der Waals surface area contributed by atoms with Crippen molar-refractivity contribution in [2.75, 3.05) is 13.1 Å². The van der Waals surface area contributed by atoms with Crippen LogP contribution in [0.3, 0.4) is 0 Å². The largest absolute Gasteiger partial charge is 0.339 e. The number of carbonyl (C=O) groups is 1. The molecule has 3 atom stereocenters. The smallest absolute Gasteiger partial charge is 0.262 e. The third-order valence-corrected chi connectivity index (χ3v) is 6.90. The highest BCUT2D eigenvalue weighted by Gasteiger charge is 2.43. The van der Waals surface area contributed by atoms with E-state index in [1.807, 2.05) is 0 Å². The molecule has 3 aliphatic rings. The zero-order chi connectivity index (χ0) is 21.0. The van der Waals surface area contributed by atoms with E-state index in [0.717, 1.165) is 0 Å². The van der Waals surface area contributed by atoms with Crippen LogP contribution >= 0.6 is 0 Å². The van der Waals surface area contributed by atoms with Gasteiger partial charge in [0.25, 0.3) is 5.56 Å². The molecule has 0 unspecified atom stereocenters. The van der Waals surface area contributed by atoms with Crippen molar-refractivity contribution in [3.63, 3.8) is 0 Å². The Morgan fingerprint density at radius 2 is 1.93 bits per heavy atom. The van der Waals surface area contributed by atoms with Crippen LogP contribution in [0.5, 0.6) is 0 Å². The number of rotatable bonds is 3. The quantitative estimate of drug-likeness (QED) is 0.823. The summed E-state index contributed by atoms with van der Waals surface area (Å²) >= 11 is 0. The van der Waals surface area contributed by atoms with Crippen molar-refractivity contribution in [3.05, 3.63) is 22.4 Å². The molecule has 3 fully saturated rings. The Bertz CT molecular complexity index is 1030. The predicted molar refractivity (Wildman–Crippen MR) is 102 cm³/mol. The molecule has 0 radical (unpaired) electrons. The van der Waals surface area contributed by atoms with Crippen molar-refractivity contribution in [2.45, 2.75) is 69.0 Å². The van der Waals surface area contributed by atoms with Gasteiger partial charge in [0, 0.05) is 31.2 Å². The fraction of sp³-hybridized carbons (Fsp3) is 0.700. The Morgan fingerprint density at radius 1 is 1.17 bits per heavy atom. The first-order valence-electron chi connectivity index (χ1n) is 10.6. The van der Waals surface area contributed by atoms with Crippen molar-refractivity contribution in [3.8, 4) is 0 Å². The van der Waals surface area contributed by atoms with Crippen molar-refractivity contribution >= 4 is 16.9 Å². The second-order valence-corrected chi connectivity index (χ2v) is 8.83. The second kappa shape index (κ2) is 7.09. The van der Waals surface area contributed by atoms with Crippen LogP contribution in [-0.4, -0.2) is 55.7 Å². The predicted octanol–water partition coefficient (Wildman–Crippen LogP) is 2.93. The molecule has 2 aromatic heterocycles. The lowest BCUT2D eigenvalue weighted by Crippen LogP contribution is -2.42. The molecule has 2 aromatic rings. The number of hydrogen-bond donors (Lipinski definition) is 1. The number of carbonyl (C=O) groups excluding carboxylic acids is 1. The summed E-state index contributed by atoms with van der Waals surface area (Å²) in [5.41, 5.74) is 0.0394. The molecule has 0 bridgehead atoms. The van der Waals surface area contributed by atoms with Gasteiger partial charge in [0.1, 0.15) is 17.4 Å². The third-order valence-electron chi connectivity index (χ3n) is 6.90. The topological polar surface area (TPSA) is 83.9 Å². The van der Waals surface area contributed by atoms with Crippen molar-refractivity contribution in [1.29, 1.82) is 0 Å². The number of alkyl halides is 3. The van der Waals surface area contributed by atoms with E-state index in [1.54, 1.807) is 9.58 Å². The zero-order valence-corrected chi connectivity index (χ0v) is 16.5. The Labute approximate surface area is 170 Å². The average Bonchev–Trinajstić information content (AvgIpc) is 3.28. The van der Waals surface area contributed by atoms with Gasteiger partial charge in [-0.3, -0.25) is 9.59 Å². The fourth-order valence-corrected chi connectivity index (χ4v) is 4.94. The lowest BCUT2D eigenvalue weighted by molar-refractivity contribution is -0.138. The maximum Gasteiger partial charge on any atom is 0.262 e. The van der Waals surface area contributed by atoms with E-state index in [0.29, 0.717) is 42.7 Å². The summed E-state index contributed by atoms with van der Waals surface area (Å²) in [6.07, 6.45) is 2.33. The fourth-order valence-electron chi connectivity index (χ4n) is 4.94. The monoisotopic (exact) mass is 423 g/mol. The molecule has 30 heavy (non-hydrogen) atoms. The number of fused-ring (bicyclic) bond motifs is 1. The van der Waals surface area contributed by atoms with Gasteiger partial charge >= 0.3 is 0 Å². The van der Waals surface area contributed by atoms with E-state index in [9.17, 15) is 22.8 Å². The Morgan fingerprint density at radius 3 is 2.57 bits per heavy atom. The molecule has 5 rings (SSSR count). The molecule has 1 aliphatic heterocycles. The van der Waals surface area contributed by atoms with Gasteiger partial charge in [-0.15, -0.1) is 0 Å². The molecule has 3 heterocycles. The van der Waals surface area contributed by atoms with Gasteiger partial charge in [0.2, 0.25) is 11.8 Å². The van der Waals surface area contributed by atoms with Crippen LogP contribution in [0.4, 0.5) is 13.2 Å². The molecular formula is C20H24F3N5O2. The van der Waals surface area contributed by atoms with E-state index < -0.39 is 12.1 Å². The van der Waals surface area contributed by atoms with E-state index in [2.05, 4.69) is 15.1 Å². The normalized spacial score (nSPS) is 29.3. The Kier molecular flexibility index (Phi) is 4.62. The lowest BCUT2D eigenvalue weighted by atomic mass is 9.72. The highest BCUT2D eigenvalue weighted by molar-refractivity contribution is 5.81. The molecule has 10 heteroatoms. The number of hydrogen-bond acceptors (Lipinski definition) is 4. The standard InChI is InChI=1S/C20H24F3N5O2/c21-11-5-8-27(10-11)19(30)14-2-1-13(14)16-25-17-15(18(29)26-16)9-24-28(17)12-3-6-20(22,23)7-4-12/h9,11-14H,1-8,10H2,(H,25,26,29)/t11-,13+,14+/m1/s1. The number of nitrogens with one attached hydrogen (secondary N) is 1. The number of aromatic nitrogens is 4. The van der Waals surface area contributed by atoms with Gasteiger partial charge in [-0.2, -0.15) is 5.10 Å². The molecule has 2 aliphatic carbocycles. The summed E-state index contributed by atoms with van der Waals surface area (Å²) in [7, 11) is 0. The maximum atomic E-state index is 13.5. The van der Waals surface area contributed by atoms with E-state index in [1.165, 1.54) is 6.20 Å².